The first-order chi connectivity index (χ1) is 9.33. The molecule has 0 aromatic heterocycles. The van der Waals surface area contributed by atoms with Crippen LogP contribution in [0.15, 0.2) is 24.3 Å². The third-order valence-corrected chi connectivity index (χ3v) is 2.52. The lowest BCUT2D eigenvalue weighted by atomic mass is 9.97. The largest absolute Gasteiger partial charge is 0.352 e. The van der Waals surface area contributed by atoms with E-state index >= 15 is 0 Å². The maximum Gasteiger partial charge on any atom is 0.252 e. The first kappa shape index (κ1) is 15.7. The van der Waals surface area contributed by atoms with Gasteiger partial charge in [-0.05, 0) is 29.7 Å². The first-order valence-corrected chi connectivity index (χ1v) is 6.37. The number of nitriles is 1. The normalized spacial score (nSPS) is 10.5. The molecule has 0 atom stereocenters. The lowest BCUT2D eigenvalue weighted by Crippen LogP contribution is -2.32. The van der Waals surface area contributed by atoms with Crippen molar-refractivity contribution in [3.8, 4) is 6.07 Å². The van der Waals surface area contributed by atoms with Crippen LogP contribution in [0, 0.1) is 16.7 Å². The van der Waals surface area contributed by atoms with E-state index in [4.69, 9.17) is 5.26 Å². The van der Waals surface area contributed by atoms with Gasteiger partial charge in [-0.2, -0.15) is 5.26 Å². The van der Waals surface area contributed by atoms with Crippen molar-refractivity contribution in [2.24, 2.45) is 5.41 Å². The molecule has 0 aliphatic carbocycles. The molecule has 0 bridgehead atoms. The molecule has 106 valence electrons. The molecule has 1 aromatic rings. The maximum atomic E-state index is 11.9. The summed E-state index contributed by atoms with van der Waals surface area (Å²) in [6, 6.07) is 8.16. The summed E-state index contributed by atoms with van der Waals surface area (Å²) in [6.45, 7) is 6.66. The summed E-state index contributed by atoms with van der Waals surface area (Å²) in [5, 5.41) is 13.7. The van der Waals surface area contributed by atoms with Gasteiger partial charge in [-0.1, -0.05) is 20.8 Å². The van der Waals surface area contributed by atoms with E-state index in [1.165, 1.54) is 0 Å². The van der Waals surface area contributed by atoms with Crippen molar-refractivity contribution in [3.05, 3.63) is 35.4 Å². The van der Waals surface area contributed by atoms with E-state index in [0.717, 1.165) is 0 Å². The molecule has 0 aliphatic rings. The Morgan fingerprint density at radius 3 is 1.90 bits per heavy atom. The Morgan fingerprint density at radius 2 is 1.50 bits per heavy atom. The highest BCUT2D eigenvalue weighted by Gasteiger charge is 2.13. The van der Waals surface area contributed by atoms with Crippen LogP contribution in [0.3, 0.4) is 0 Å². The molecule has 2 N–H and O–H groups in total. The van der Waals surface area contributed by atoms with Gasteiger partial charge in [0, 0.05) is 17.7 Å². The molecule has 0 saturated carbocycles. The van der Waals surface area contributed by atoms with Gasteiger partial charge >= 0.3 is 0 Å². The minimum absolute atomic E-state index is 0.0206. The zero-order chi connectivity index (χ0) is 15.2. The topological polar surface area (TPSA) is 82.0 Å². The number of hydrogen-bond acceptors (Lipinski definition) is 3. The summed E-state index contributed by atoms with van der Waals surface area (Å²) < 4.78 is 0. The highest BCUT2D eigenvalue weighted by molar-refractivity contribution is 5.97. The molecule has 5 nitrogen and oxygen atoms in total. The molecular weight excluding hydrogens is 254 g/mol. The third kappa shape index (κ3) is 5.11. The van der Waals surface area contributed by atoms with Gasteiger partial charge in [-0.25, -0.2) is 0 Å². The molecule has 0 saturated heterocycles. The van der Waals surface area contributed by atoms with Crippen LogP contribution in [-0.2, 0) is 0 Å². The summed E-state index contributed by atoms with van der Waals surface area (Å²) in [4.78, 5) is 23.5. The number of rotatable bonds is 4. The second-order valence-corrected chi connectivity index (χ2v) is 5.66. The van der Waals surface area contributed by atoms with Crippen LogP contribution < -0.4 is 10.6 Å². The average Bonchev–Trinajstić information content (AvgIpc) is 2.41. The standard InChI is InChI=1S/C15H19N3O2/c1-15(2,3)10-18-14(20)12-6-4-11(5-7-12)13(19)17-9-8-16/h4-7H,9-10H2,1-3H3,(H,17,19)(H,18,20). The number of nitrogens with zero attached hydrogens (tertiary/aromatic N) is 1. The summed E-state index contributed by atoms with van der Waals surface area (Å²) >= 11 is 0. The van der Waals surface area contributed by atoms with E-state index in [1.807, 2.05) is 26.8 Å². The fourth-order valence-corrected chi connectivity index (χ4v) is 1.44. The second-order valence-electron chi connectivity index (χ2n) is 5.66. The first-order valence-electron chi connectivity index (χ1n) is 6.37. The van der Waals surface area contributed by atoms with Crippen molar-refractivity contribution in [2.75, 3.05) is 13.1 Å². The van der Waals surface area contributed by atoms with Crippen molar-refractivity contribution < 1.29 is 9.59 Å². The van der Waals surface area contributed by atoms with Gasteiger partial charge in [0.05, 0.1) is 6.07 Å². The monoisotopic (exact) mass is 273 g/mol. The number of hydrogen-bond donors (Lipinski definition) is 2. The summed E-state index contributed by atoms with van der Waals surface area (Å²) in [5.41, 5.74) is 0.950. The Kier molecular flexibility index (Phi) is 5.27. The molecule has 0 spiro atoms. The Hall–Kier alpha value is -2.35. The van der Waals surface area contributed by atoms with Crippen LogP contribution in [0.2, 0.25) is 0 Å². The van der Waals surface area contributed by atoms with Crippen molar-refractivity contribution in [1.29, 1.82) is 5.26 Å². The Labute approximate surface area is 119 Å². The summed E-state index contributed by atoms with van der Waals surface area (Å²) in [7, 11) is 0. The average molecular weight is 273 g/mol. The quantitative estimate of drug-likeness (QED) is 0.819. The lowest BCUT2D eigenvalue weighted by molar-refractivity contribution is 0.0934. The molecule has 0 radical (unpaired) electrons. The van der Waals surface area contributed by atoms with Gasteiger partial charge < -0.3 is 10.6 Å². The van der Waals surface area contributed by atoms with Crippen LogP contribution >= 0.6 is 0 Å². The zero-order valence-corrected chi connectivity index (χ0v) is 12.0. The van der Waals surface area contributed by atoms with Crippen LogP contribution in [-0.4, -0.2) is 24.9 Å². The molecule has 20 heavy (non-hydrogen) atoms. The van der Waals surface area contributed by atoms with E-state index < -0.39 is 0 Å². The van der Waals surface area contributed by atoms with E-state index in [9.17, 15) is 9.59 Å². The Bertz CT molecular complexity index is 522. The molecule has 1 aromatic carbocycles. The van der Waals surface area contributed by atoms with Crippen molar-refractivity contribution in [1.82, 2.24) is 10.6 Å². The van der Waals surface area contributed by atoms with Crippen molar-refractivity contribution in [3.63, 3.8) is 0 Å². The molecule has 0 fully saturated rings. The van der Waals surface area contributed by atoms with Crippen molar-refractivity contribution in [2.45, 2.75) is 20.8 Å². The van der Waals surface area contributed by atoms with Crippen LogP contribution in [0.5, 0.6) is 0 Å². The highest BCUT2D eigenvalue weighted by Crippen LogP contribution is 2.11. The SMILES string of the molecule is CC(C)(C)CNC(=O)c1ccc(C(=O)NCC#N)cc1. The molecule has 0 heterocycles. The van der Waals surface area contributed by atoms with E-state index in [2.05, 4.69) is 10.6 Å². The summed E-state index contributed by atoms with van der Waals surface area (Å²) in [6.07, 6.45) is 0. The third-order valence-electron chi connectivity index (χ3n) is 2.52. The number of amides is 2. The fraction of sp³-hybridized carbons (Fsp3) is 0.400. The van der Waals surface area contributed by atoms with Crippen LogP contribution in [0.4, 0.5) is 0 Å². The minimum Gasteiger partial charge on any atom is -0.352 e. The molecule has 5 heteroatoms. The smallest absolute Gasteiger partial charge is 0.252 e. The van der Waals surface area contributed by atoms with Gasteiger partial charge in [0.1, 0.15) is 6.54 Å². The maximum absolute atomic E-state index is 11.9. The van der Waals surface area contributed by atoms with E-state index in [1.54, 1.807) is 24.3 Å². The zero-order valence-electron chi connectivity index (χ0n) is 12.0. The lowest BCUT2D eigenvalue weighted by Gasteiger charge is -2.18. The summed E-state index contributed by atoms with van der Waals surface area (Å²) in [5.74, 6) is -0.489. The van der Waals surface area contributed by atoms with Gasteiger partial charge in [-0.3, -0.25) is 9.59 Å². The number of carbonyl (C=O) groups is 2. The molecule has 2 amide bonds. The Morgan fingerprint density at radius 1 is 1.05 bits per heavy atom. The number of benzene rings is 1. The van der Waals surface area contributed by atoms with Crippen LogP contribution in [0.1, 0.15) is 41.5 Å². The molecule has 0 aliphatic heterocycles. The van der Waals surface area contributed by atoms with Crippen molar-refractivity contribution >= 4 is 11.8 Å². The highest BCUT2D eigenvalue weighted by atomic mass is 16.2. The molecule has 1 rings (SSSR count). The van der Waals surface area contributed by atoms with Gasteiger partial charge in [0.2, 0.25) is 0 Å². The Balaban J connectivity index is 2.64. The van der Waals surface area contributed by atoms with Gasteiger partial charge in [-0.15, -0.1) is 0 Å². The molecular formula is C15H19N3O2. The van der Waals surface area contributed by atoms with Gasteiger partial charge in [0.25, 0.3) is 11.8 Å². The van der Waals surface area contributed by atoms with Gasteiger partial charge in [0.15, 0.2) is 0 Å². The van der Waals surface area contributed by atoms with E-state index in [-0.39, 0.29) is 23.8 Å². The van der Waals surface area contributed by atoms with Crippen LogP contribution in [0.25, 0.3) is 0 Å². The predicted octanol–water partition coefficient (Wildman–Crippen LogP) is 1.72. The fourth-order valence-electron chi connectivity index (χ4n) is 1.44. The number of nitrogens with one attached hydrogen (secondary N) is 2. The number of carbonyl (C=O) groups excluding carboxylic acids is 2. The second kappa shape index (κ2) is 6.71. The molecule has 0 unspecified atom stereocenters. The predicted molar refractivity (Wildman–Crippen MR) is 76.2 cm³/mol. The van der Waals surface area contributed by atoms with E-state index in [0.29, 0.717) is 17.7 Å². The minimum atomic E-state index is -0.326.